The number of carbonyl (C=O) groups excluding carboxylic acids is 1. The number of H-pyrrole nitrogens is 1. The molecule has 0 aliphatic carbocycles. The molecule has 4 heterocycles. The van der Waals surface area contributed by atoms with Crippen molar-refractivity contribution in [3.8, 4) is 0 Å². The summed E-state index contributed by atoms with van der Waals surface area (Å²) in [6, 6.07) is 5.20. The Bertz CT molecular complexity index is 866. The molecular weight excluding hydrogens is 330 g/mol. The van der Waals surface area contributed by atoms with Crippen LogP contribution in [0.25, 0.3) is 0 Å². The number of pyridine rings is 1. The summed E-state index contributed by atoms with van der Waals surface area (Å²) in [5.41, 5.74) is 2.67. The topological polar surface area (TPSA) is 99.7 Å². The number of hydrogen-bond acceptors (Lipinski definition) is 6. The first-order chi connectivity index (χ1) is 12.8. The van der Waals surface area contributed by atoms with Crippen LogP contribution in [0.4, 0.5) is 5.95 Å². The Morgan fingerprint density at radius 2 is 2.04 bits per heavy atom. The van der Waals surface area contributed by atoms with Gasteiger partial charge < -0.3 is 10.2 Å². The lowest BCUT2D eigenvalue weighted by atomic mass is 10.0. The summed E-state index contributed by atoms with van der Waals surface area (Å²) in [7, 11) is 0. The third-order valence-corrected chi connectivity index (χ3v) is 4.56. The second-order valence-electron chi connectivity index (χ2n) is 6.21. The minimum Gasteiger partial charge on any atom is -0.348 e. The second kappa shape index (κ2) is 7.30. The summed E-state index contributed by atoms with van der Waals surface area (Å²) in [6.45, 7) is 2.17. The summed E-state index contributed by atoms with van der Waals surface area (Å²) in [6.07, 6.45) is 9.50. The highest BCUT2D eigenvalue weighted by atomic mass is 16.1. The quantitative estimate of drug-likeness (QED) is 0.724. The minimum atomic E-state index is -0.120. The normalized spacial score (nSPS) is 16.6. The van der Waals surface area contributed by atoms with Crippen LogP contribution in [0.15, 0.2) is 49.2 Å². The van der Waals surface area contributed by atoms with Gasteiger partial charge in [-0.15, -0.1) is 0 Å². The highest BCUT2D eigenvalue weighted by Crippen LogP contribution is 2.29. The maximum absolute atomic E-state index is 12.2. The van der Waals surface area contributed by atoms with E-state index in [-0.39, 0.29) is 5.91 Å². The third-order valence-electron chi connectivity index (χ3n) is 4.56. The van der Waals surface area contributed by atoms with Crippen molar-refractivity contribution in [2.75, 3.05) is 18.0 Å². The van der Waals surface area contributed by atoms with Crippen LogP contribution in [0.1, 0.15) is 34.0 Å². The van der Waals surface area contributed by atoms with Crippen LogP contribution in [-0.4, -0.2) is 44.1 Å². The molecule has 132 valence electrons. The Labute approximate surface area is 150 Å². The lowest BCUT2D eigenvalue weighted by Gasteiger charge is -2.16. The first-order valence-corrected chi connectivity index (χ1v) is 8.53. The zero-order valence-electron chi connectivity index (χ0n) is 14.2. The molecule has 1 unspecified atom stereocenters. The molecule has 4 rings (SSSR count). The molecule has 0 bridgehead atoms. The maximum atomic E-state index is 12.2. The van der Waals surface area contributed by atoms with Gasteiger partial charge in [0.25, 0.3) is 5.91 Å². The smallest absolute Gasteiger partial charge is 0.251 e. The molecule has 1 amide bonds. The van der Waals surface area contributed by atoms with E-state index in [2.05, 4.69) is 35.4 Å². The van der Waals surface area contributed by atoms with Crippen molar-refractivity contribution in [1.29, 1.82) is 0 Å². The molecule has 8 heteroatoms. The molecule has 8 nitrogen and oxygen atoms in total. The lowest BCUT2D eigenvalue weighted by Crippen LogP contribution is -2.24. The fourth-order valence-electron chi connectivity index (χ4n) is 3.23. The van der Waals surface area contributed by atoms with Gasteiger partial charge in [0.05, 0.1) is 6.20 Å². The predicted molar refractivity (Wildman–Crippen MR) is 95.6 cm³/mol. The molecule has 0 aromatic carbocycles. The molecule has 0 radical (unpaired) electrons. The second-order valence-corrected chi connectivity index (χ2v) is 6.21. The molecule has 1 saturated heterocycles. The molecule has 0 spiro atoms. The van der Waals surface area contributed by atoms with Gasteiger partial charge in [0.1, 0.15) is 0 Å². The number of aromatic nitrogens is 5. The van der Waals surface area contributed by atoms with Gasteiger partial charge in [0.15, 0.2) is 0 Å². The predicted octanol–water partition coefficient (Wildman–Crippen LogP) is 1.52. The molecule has 3 aromatic heterocycles. The van der Waals surface area contributed by atoms with Crippen molar-refractivity contribution in [2.24, 2.45) is 0 Å². The van der Waals surface area contributed by atoms with Gasteiger partial charge in [-0.05, 0) is 24.6 Å². The van der Waals surface area contributed by atoms with E-state index >= 15 is 0 Å². The highest BCUT2D eigenvalue weighted by Gasteiger charge is 2.28. The number of amides is 1. The number of rotatable bonds is 5. The van der Waals surface area contributed by atoms with Gasteiger partial charge in [-0.1, -0.05) is 0 Å². The van der Waals surface area contributed by atoms with Crippen LogP contribution in [0.2, 0.25) is 0 Å². The fourth-order valence-corrected chi connectivity index (χ4v) is 3.23. The SMILES string of the molecule is O=C(NCc1cn[nH]c1C1CCN(c2ncccn2)C1)c1ccncc1. The van der Waals surface area contributed by atoms with Crippen LogP contribution >= 0.6 is 0 Å². The van der Waals surface area contributed by atoms with Crippen molar-refractivity contribution in [1.82, 2.24) is 30.5 Å². The molecule has 3 aromatic rings. The molecule has 0 saturated carbocycles. The van der Waals surface area contributed by atoms with E-state index in [1.54, 1.807) is 43.1 Å². The van der Waals surface area contributed by atoms with E-state index in [0.29, 0.717) is 18.0 Å². The number of anilines is 1. The van der Waals surface area contributed by atoms with Crippen molar-refractivity contribution in [2.45, 2.75) is 18.9 Å². The van der Waals surface area contributed by atoms with E-state index in [1.807, 2.05) is 6.07 Å². The van der Waals surface area contributed by atoms with Crippen LogP contribution in [0.3, 0.4) is 0 Å². The first kappa shape index (κ1) is 16.2. The number of nitrogens with one attached hydrogen (secondary N) is 2. The van der Waals surface area contributed by atoms with Crippen LogP contribution in [0.5, 0.6) is 0 Å². The number of carbonyl (C=O) groups is 1. The zero-order valence-corrected chi connectivity index (χ0v) is 14.2. The minimum absolute atomic E-state index is 0.120. The molecule has 1 fully saturated rings. The van der Waals surface area contributed by atoms with E-state index in [4.69, 9.17) is 0 Å². The van der Waals surface area contributed by atoms with Crippen molar-refractivity contribution in [3.63, 3.8) is 0 Å². The zero-order chi connectivity index (χ0) is 17.8. The van der Waals surface area contributed by atoms with Gasteiger partial charge in [0, 0.05) is 67.2 Å². The van der Waals surface area contributed by atoms with Crippen LogP contribution in [-0.2, 0) is 6.54 Å². The Kier molecular flexibility index (Phi) is 4.55. The summed E-state index contributed by atoms with van der Waals surface area (Å²) >= 11 is 0. The third kappa shape index (κ3) is 3.39. The van der Waals surface area contributed by atoms with E-state index < -0.39 is 0 Å². The summed E-state index contributed by atoms with van der Waals surface area (Å²) in [5.74, 6) is 0.946. The summed E-state index contributed by atoms with van der Waals surface area (Å²) in [5, 5.41) is 10.2. The molecule has 1 aliphatic rings. The molecule has 2 N–H and O–H groups in total. The molecule has 26 heavy (non-hydrogen) atoms. The number of aromatic amines is 1. The number of nitrogens with zero attached hydrogens (tertiary/aromatic N) is 5. The fraction of sp³-hybridized carbons (Fsp3) is 0.278. The average Bonchev–Trinajstić information content (AvgIpc) is 3.36. The number of hydrogen-bond donors (Lipinski definition) is 2. The van der Waals surface area contributed by atoms with Crippen LogP contribution in [0, 0.1) is 0 Å². The largest absolute Gasteiger partial charge is 0.348 e. The molecule has 1 aliphatic heterocycles. The Morgan fingerprint density at radius 3 is 2.85 bits per heavy atom. The first-order valence-electron chi connectivity index (χ1n) is 8.53. The molecular formula is C18H19N7O. The van der Waals surface area contributed by atoms with E-state index in [9.17, 15) is 4.79 Å². The van der Waals surface area contributed by atoms with Gasteiger partial charge in [-0.2, -0.15) is 5.10 Å². The highest BCUT2D eigenvalue weighted by molar-refractivity contribution is 5.93. The van der Waals surface area contributed by atoms with Gasteiger partial charge in [-0.3, -0.25) is 14.9 Å². The van der Waals surface area contributed by atoms with Crippen molar-refractivity contribution in [3.05, 3.63) is 66.0 Å². The van der Waals surface area contributed by atoms with Gasteiger partial charge in [-0.25, -0.2) is 9.97 Å². The Morgan fingerprint density at radius 1 is 1.23 bits per heavy atom. The average molecular weight is 349 g/mol. The van der Waals surface area contributed by atoms with Gasteiger partial charge in [0.2, 0.25) is 5.95 Å². The summed E-state index contributed by atoms with van der Waals surface area (Å²) in [4.78, 5) is 27.0. The summed E-state index contributed by atoms with van der Waals surface area (Å²) < 4.78 is 0. The van der Waals surface area contributed by atoms with Crippen molar-refractivity contribution < 1.29 is 4.79 Å². The maximum Gasteiger partial charge on any atom is 0.251 e. The van der Waals surface area contributed by atoms with Crippen molar-refractivity contribution >= 4 is 11.9 Å². The lowest BCUT2D eigenvalue weighted by molar-refractivity contribution is 0.0950. The van der Waals surface area contributed by atoms with Gasteiger partial charge >= 0.3 is 0 Å². The van der Waals surface area contributed by atoms with E-state index in [1.165, 1.54) is 0 Å². The Balaban J connectivity index is 1.40. The standard InChI is InChI=1S/C18H19N7O/c26-17(13-2-7-19-8-3-13)22-10-15-11-23-24-16(15)14-4-9-25(12-14)18-20-5-1-6-21-18/h1-3,5-8,11,14H,4,9-10,12H2,(H,22,26)(H,23,24). The van der Waals surface area contributed by atoms with E-state index in [0.717, 1.165) is 36.7 Å². The van der Waals surface area contributed by atoms with Crippen LogP contribution < -0.4 is 10.2 Å². The molecule has 1 atom stereocenters. The Hall–Kier alpha value is -3.29. The monoisotopic (exact) mass is 349 g/mol.